The maximum absolute atomic E-state index is 13.4. The summed E-state index contributed by atoms with van der Waals surface area (Å²) < 4.78 is 23.4. The number of ether oxygens (including phenoxy) is 2. The maximum atomic E-state index is 13.4. The topological polar surface area (TPSA) is 55.8 Å². The highest BCUT2D eigenvalue weighted by Crippen LogP contribution is 2.22. The van der Waals surface area contributed by atoms with E-state index < -0.39 is 11.8 Å². The van der Waals surface area contributed by atoms with Crippen LogP contribution in [0.15, 0.2) is 18.2 Å². The lowest BCUT2D eigenvalue weighted by atomic mass is 10.2. The van der Waals surface area contributed by atoms with Gasteiger partial charge in [-0.1, -0.05) is 6.07 Å². The molecule has 1 aromatic carbocycles. The van der Waals surface area contributed by atoms with Crippen molar-refractivity contribution in [1.82, 2.24) is 0 Å². The molecule has 0 spiro atoms. The lowest BCUT2D eigenvalue weighted by Crippen LogP contribution is -2.07. The number of para-hydroxylation sites is 1. The molecule has 17 heavy (non-hydrogen) atoms. The van der Waals surface area contributed by atoms with Crippen LogP contribution in [-0.2, 0) is 4.74 Å². The number of methoxy groups -OCH3 is 1. The number of carboxylic acids is 1. The number of rotatable bonds is 7. The molecule has 0 aliphatic rings. The van der Waals surface area contributed by atoms with E-state index in [1.165, 1.54) is 18.2 Å². The van der Waals surface area contributed by atoms with Crippen molar-refractivity contribution in [2.24, 2.45) is 0 Å². The summed E-state index contributed by atoms with van der Waals surface area (Å²) in [6.07, 6.45) is 1.47. The molecule has 0 aromatic heterocycles. The fourth-order valence-electron chi connectivity index (χ4n) is 1.35. The number of benzene rings is 1. The molecule has 1 N–H and O–H groups in total. The molecule has 1 aromatic rings. The molecule has 1 rings (SSSR count). The molecule has 0 saturated carbocycles. The molecule has 0 unspecified atom stereocenters. The first-order chi connectivity index (χ1) is 8.16. The molecule has 0 heterocycles. The normalized spacial score (nSPS) is 10.2. The van der Waals surface area contributed by atoms with E-state index in [9.17, 15) is 9.18 Å². The van der Waals surface area contributed by atoms with Gasteiger partial charge in [-0.05, 0) is 25.0 Å². The van der Waals surface area contributed by atoms with E-state index in [0.29, 0.717) is 13.0 Å². The first-order valence-corrected chi connectivity index (χ1v) is 5.30. The monoisotopic (exact) mass is 242 g/mol. The molecular weight excluding hydrogens is 227 g/mol. The van der Waals surface area contributed by atoms with Gasteiger partial charge in [0.25, 0.3) is 0 Å². The van der Waals surface area contributed by atoms with Gasteiger partial charge >= 0.3 is 5.97 Å². The van der Waals surface area contributed by atoms with E-state index >= 15 is 0 Å². The third-order valence-electron chi connectivity index (χ3n) is 2.19. The molecule has 0 amide bonds. The molecule has 5 heteroatoms. The second kappa shape index (κ2) is 6.85. The SMILES string of the molecule is COCCCCOc1c(F)cccc1C(=O)O. The first-order valence-electron chi connectivity index (χ1n) is 5.30. The fraction of sp³-hybridized carbons (Fsp3) is 0.417. The Morgan fingerprint density at radius 3 is 2.71 bits per heavy atom. The zero-order valence-corrected chi connectivity index (χ0v) is 9.61. The highest BCUT2D eigenvalue weighted by Gasteiger charge is 2.15. The number of hydrogen-bond donors (Lipinski definition) is 1. The van der Waals surface area contributed by atoms with Gasteiger partial charge in [0, 0.05) is 13.7 Å². The molecule has 0 radical (unpaired) electrons. The van der Waals surface area contributed by atoms with Gasteiger partial charge in [0.15, 0.2) is 11.6 Å². The van der Waals surface area contributed by atoms with Crippen LogP contribution in [-0.4, -0.2) is 31.4 Å². The van der Waals surface area contributed by atoms with Gasteiger partial charge < -0.3 is 14.6 Å². The minimum atomic E-state index is -1.20. The van der Waals surface area contributed by atoms with Gasteiger partial charge in [-0.2, -0.15) is 0 Å². The molecule has 0 atom stereocenters. The van der Waals surface area contributed by atoms with Crippen molar-refractivity contribution < 1.29 is 23.8 Å². The largest absolute Gasteiger partial charge is 0.490 e. The average molecular weight is 242 g/mol. The second-order valence-electron chi connectivity index (χ2n) is 3.47. The fourth-order valence-corrected chi connectivity index (χ4v) is 1.35. The van der Waals surface area contributed by atoms with Crippen LogP contribution >= 0.6 is 0 Å². The van der Waals surface area contributed by atoms with Crippen LogP contribution in [0.5, 0.6) is 5.75 Å². The number of hydrogen-bond acceptors (Lipinski definition) is 3. The highest BCUT2D eigenvalue weighted by molar-refractivity contribution is 5.90. The van der Waals surface area contributed by atoms with Crippen molar-refractivity contribution >= 4 is 5.97 Å². The van der Waals surface area contributed by atoms with Gasteiger partial charge in [-0.3, -0.25) is 0 Å². The number of aromatic carboxylic acids is 1. The Balaban J connectivity index is 2.60. The Morgan fingerprint density at radius 2 is 2.06 bits per heavy atom. The molecule has 0 bridgehead atoms. The van der Waals surface area contributed by atoms with Crippen LogP contribution in [0.2, 0.25) is 0 Å². The van der Waals surface area contributed by atoms with E-state index in [4.69, 9.17) is 14.6 Å². The van der Waals surface area contributed by atoms with Crippen molar-refractivity contribution in [2.75, 3.05) is 20.3 Å². The average Bonchev–Trinajstić information content (AvgIpc) is 2.30. The summed E-state index contributed by atoms with van der Waals surface area (Å²) in [6, 6.07) is 3.84. The Hall–Kier alpha value is -1.62. The van der Waals surface area contributed by atoms with Gasteiger partial charge in [-0.15, -0.1) is 0 Å². The third kappa shape index (κ3) is 4.03. The van der Waals surface area contributed by atoms with Crippen molar-refractivity contribution in [1.29, 1.82) is 0 Å². The minimum Gasteiger partial charge on any atom is -0.490 e. The number of halogens is 1. The molecule has 4 nitrogen and oxygen atoms in total. The molecular formula is C12H15FO4. The zero-order valence-electron chi connectivity index (χ0n) is 9.61. The summed E-state index contributed by atoms with van der Waals surface area (Å²) in [6.45, 7) is 0.872. The summed E-state index contributed by atoms with van der Waals surface area (Å²) in [5.74, 6) is -2.05. The first kappa shape index (κ1) is 13.4. The van der Waals surface area contributed by atoms with Gasteiger partial charge in [0.05, 0.1) is 6.61 Å². The van der Waals surface area contributed by atoms with Crippen LogP contribution in [0, 0.1) is 5.82 Å². The minimum absolute atomic E-state index is 0.156. The molecule has 0 saturated heterocycles. The number of carbonyl (C=O) groups is 1. The second-order valence-corrected chi connectivity index (χ2v) is 3.47. The van der Waals surface area contributed by atoms with Crippen molar-refractivity contribution in [2.45, 2.75) is 12.8 Å². The van der Waals surface area contributed by atoms with E-state index in [2.05, 4.69) is 0 Å². The van der Waals surface area contributed by atoms with Gasteiger partial charge in [0.1, 0.15) is 5.56 Å². The van der Waals surface area contributed by atoms with Crippen molar-refractivity contribution in [3.05, 3.63) is 29.6 Å². The highest BCUT2D eigenvalue weighted by atomic mass is 19.1. The van der Waals surface area contributed by atoms with Crippen molar-refractivity contribution in [3.8, 4) is 5.75 Å². The standard InChI is InChI=1S/C12H15FO4/c1-16-7-2-3-8-17-11-9(12(14)15)5-4-6-10(11)13/h4-6H,2-3,7-8H2,1H3,(H,14,15). The zero-order chi connectivity index (χ0) is 12.7. The maximum Gasteiger partial charge on any atom is 0.339 e. The van der Waals surface area contributed by atoms with Crippen LogP contribution in [0.1, 0.15) is 23.2 Å². The van der Waals surface area contributed by atoms with E-state index in [1.54, 1.807) is 7.11 Å². The summed E-state index contributed by atoms with van der Waals surface area (Å²) in [5, 5.41) is 8.86. The van der Waals surface area contributed by atoms with Crippen LogP contribution in [0.25, 0.3) is 0 Å². The van der Waals surface area contributed by atoms with Gasteiger partial charge in [0.2, 0.25) is 0 Å². The van der Waals surface area contributed by atoms with Crippen LogP contribution in [0.4, 0.5) is 4.39 Å². The predicted molar refractivity (Wildman–Crippen MR) is 60.0 cm³/mol. The molecule has 94 valence electrons. The van der Waals surface area contributed by atoms with Gasteiger partial charge in [-0.25, -0.2) is 9.18 Å². The van der Waals surface area contributed by atoms with E-state index in [1.807, 2.05) is 0 Å². The third-order valence-corrected chi connectivity index (χ3v) is 2.19. The summed E-state index contributed by atoms with van der Waals surface area (Å²) >= 11 is 0. The Kier molecular flexibility index (Phi) is 5.42. The predicted octanol–water partition coefficient (Wildman–Crippen LogP) is 2.33. The Labute approximate surface area is 99.0 Å². The lowest BCUT2D eigenvalue weighted by molar-refractivity contribution is 0.0690. The molecule has 0 aliphatic carbocycles. The summed E-state index contributed by atoms with van der Waals surface area (Å²) in [4.78, 5) is 10.8. The quantitative estimate of drug-likeness (QED) is 0.745. The Bertz CT molecular complexity index is 379. The lowest BCUT2D eigenvalue weighted by Gasteiger charge is -2.09. The van der Waals surface area contributed by atoms with E-state index in [-0.39, 0.29) is 17.9 Å². The van der Waals surface area contributed by atoms with E-state index in [0.717, 1.165) is 6.42 Å². The van der Waals surface area contributed by atoms with Crippen molar-refractivity contribution in [3.63, 3.8) is 0 Å². The summed E-state index contributed by atoms with van der Waals surface area (Å²) in [5.41, 5.74) is -0.156. The summed E-state index contributed by atoms with van der Waals surface area (Å²) in [7, 11) is 1.60. The Morgan fingerprint density at radius 1 is 1.35 bits per heavy atom. The van der Waals surface area contributed by atoms with Crippen LogP contribution in [0.3, 0.4) is 0 Å². The molecule has 0 aliphatic heterocycles. The molecule has 0 fully saturated rings. The number of carboxylic acid groups (broad SMARTS) is 1. The smallest absolute Gasteiger partial charge is 0.339 e. The van der Waals surface area contributed by atoms with Crippen LogP contribution < -0.4 is 4.74 Å². The number of unbranched alkanes of at least 4 members (excludes halogenated alkanes) is 1.